The van der Waals surface area contributed by atoms with Gasteiger partial charge >= 0.3 is 0 Å². The Hall–Kier alpha value is -4.34. The Morgan fingerprint density at radius 2 is 1.87 bits per heavy atom. The quantitative estimate of drug-likeness (QED) is 0.369. The number of aryl methyl sites for hydroxylation is 2. The Morgan fingerprint density at radius 1 is 1.05 bits per heavy atom. The molecule has 2 N–H and O–H groups in total. The van der Waals surface area contributed by atoms with E-state index in [1.165, 1.54) is 41.8 Å². The zero-order chi connectivity index (χ0) is 26.9. The number of hydrogen-bond donors (Lipinski definition) is 2. The van der Waals surface area contributed by atoms with E-state index in [9.17, 15) is 9.59 Å². The number of pyridine rings is 1. The van der Waals surface area contributed by atoms with Crippen molar-refractivity contribution in [3.8, 4) is 5.69 Å². The predicted molar refractivity (Wildman–Crippen MR) is 151 cm³/mol. The maximum absolute atomic E-state index is 13.3. The SMILES string of the molecule is CONC(=O)c1cn(-c2ccc3c(c2)CCC3)c2nc(Nc3ccc(C4=CCN(C)CC4)cc3)ncc2c1=O. The number of anilines is 2. The molecule has 39 heavy (non-hydrogen) atoms. The van der Waals surface area contributed by atoms with E-state index in [0.29, 0.717) is 11.6 Å². The van der Waals surface area contributed by atoms with Crippen molar-refractivity contribution in [1.29, 1.82) is 0 Å². The number of rotatable bonds is 6. The average molecular weight is 523 g/mol. The van der Waals surface area contributed by atoms with Crippen LogP contribution in [0.15, 0.2) is 65.7 Å². The number of carbonyl (C=O) groups excluding carboxylic acids is 1. The molecule has 0 bridgehead atoms. The molecule has 1 aliphatic carbocycles. The summed E-state index contributed by atoms with van der Waals surface area (Å²) in [6.45, 7) is 2.01. The summed E-state index contributed by atoms with van der Waals surface area (Å²) >= 11 is 0. The van der Waals surface area contributed by atoms with Crippen LogP contribution in [0.3, 0.4) is 0 Å². The molecular formula is C30H30N6O3. The molecule has 0 fully saturated rings. The highest BCUT2D eigenvalue weighted by molar-refractivity contribution is 5.96. The van der Waals surface area contributed by atoms with Crippen LogP contribution in [0.4, 0.5) is 11.6 Å². The van der Waals surface area contributed by atoms with Crippen LogP contribution < -0.4 is 16.2 Å². The Labute approximate surface area is 226 Å². The third kappa shape index (κ3) is 4.94. The van der Waals surface area contributed by atoms with Crippen LogP contribution in [-0.4, -0.2) is 52.6 Å². The van der Waals surface area contributed by atoms with Crippen LogP contribution >= 0.6 is 0 Å². The first-order valence-corrected chi connectivity index (χ1v) is 13.1. The summed E-state index contributed by atoms with van der Waals surface area (Å²) in [5.74, 6) is -0.265. The van der Waals surface area contributed by atoms with Crippen LogP contribution in [0.5, 0.6) is 0 Å². The van der Waals surface area contributed by atoms with Gasteiger partial charge in [0, 0.05) is 36.9 Å². The summed E-state index contributed by atoms with van der Waals surface area (Å²) in [5, 5.41) is 3.51. The minimum Gasteiger partial charge on any atom is -0.324 e. The lowest BCUT2D eigenvalue weighted by molar-refractivity contribution is 0.0536. The van der Waals surface area contributed by atoms with E-state index < -0.39 is 11.3 Å². The predicted octanol–water partition coefficient (Wildman–Crippen LogP) is 4.02. The molecule has 0 atom stereocenters. The van der Waals surface area contributed by atoms with Gasteiger partial charge in [-0.3, -0.25) is 14.4 Å². The van der Waals surface area contributed by atoms with E-state index in [1.54, 1.807) is 4.57 Å². The molecule has 2 aromatic heterocycles. The van der Waals surface area contributed by atoms with Crippen LogP contribution in [-0.2, 0) is 17.7 Å². The van der Waals surface area contributed by atoms with Crippen LogP contribution in [0, 0.1) is 0 Å². The first kappa shape index (κ1) is 25.0. The number of benzene rings is 2. The molecule has 1 amide bonds. The lowest BCUT2D eigenvalue weighted by Gasteiger charge is -2.22. The van der Waals surface area contributed by atoms with Gasteiger partial charge in [-0.1, -0.05) is 24.3 Å². The molecule has 9 nitrogen and oxygen atoms in total. The van der Waals surface area contributed by atoms with Crippen molar-refractivity contribution in [1.82, 2.24) is 24.9 Å². The van der Waals surface area contributed by atoms with Gasteiger partial charge in [-0.15, -0.1) is 0 Å². The molecule has 9 heteroatoms. The molecule has 6 rings (SSSR count). The number of fused-ring (bicyclic) bond motifs is 2. The minimum absolute atomic E-state index is 0.0482. The second kappa shape index (κ2) is 10.4. The smallest absolute Gasteiger partial charge is 0.280 e. The van der Waals surface area contributed by atoms with Gasteiger partial charge in [-0.25, -0.2) is 10.5 Å². The van der Waals surface area contributed by atoms with Crippen molar-refractivity contribution in [3.05, 3.63) is 93.4 Å². The number of nitrogens with zero attached hydrogens (tertiary/aromatic N) is 4. The molecule has 1 aliphatic heterocycles. The van der Waals surface area contributed by atoms with Crippen LogP contribution in [0.25, 0.3) is 22.3 Å². The van der Waals surface area contributed by atoms with Crippen molar-refractivity contribution in [2.75, 3.05) is 32.6 Å². The van der Waals surface area contributed by atoms with Crippen LogP contribution in [0.1, 0.15) is 39.9 Å². The molecule has 2 aliphatic rings. The van der Waals surface area contributed by atoms with Gasteiger partial charge in [0.25, 0.3) is 5.91 Å². The van der Waals surface area contributed by atoms with Gasteiger partial charge < -0.3 is 14.8 Å². The topological polar surface area (TPSA) is 101 Å². The van der Waals surface area contributed by atoms with Gasteiger partial charge in [0.05, 0.1) is 12.5 Å². The van der Waals surface area contributed by atoms with Gasteiger partial charge in [0.1, 0.15) is 5.56 Å². The molecule has 4 aromatic rings. The average Bonchev–Trinajstić information content (AvgIpc) is 3.42. The molecule has 0 saturated carbocycles. The Morgan fingerprint density at radius 3 is 2.64 bits per heavy atom. The summed E-state index contributed by atoms with van der Waals surface area (Å²) in [7, 11) is 3.46. The van der Waals surface area contributed by atoms with Gasteiger partial charge in [0.2, 0.25) is 11.4 Å². The molecule has 2 aromatic carbocycles. The number of hydroxylamine groups is 1. The Bertz CT molecular complexity index is 1660. The van der Waals surface area contributed by atoms with E-state index in [2.05, 4.69) is 58.1 Å². The largest absolute Gasteiger partial charge is 0.324 e. The third-order valence-electron chi connectivity index (χ3n) is 7.47. The standard InChI is InChI=1S/C30H30N6O3/c1-35-14-12-21(13-15-35)20-6-9-23(10-7-20)32-30-31-17-25-27(37)26(29(38)34-39-2)18-36(28(25)33-30)24-11-8-19-4-3-5-22(19)16-24/h6-12,16-18H,3-5,13-15H2,1-2H3,(H,34,38)(H,31,32,33). The summed E-state index contributed by atoms with van der Waals surface area (Å²) in [5.41, 5.74) is 8.99. The number of hydrogen-bond acceptors (Lipinski definition) is 7. The summed E-state index contributed by atoms with van der Waals surface area (Å²) in [6, 6.07) is 14.4. The molecule has 198 valence electrons. The molecular weight excluding hydrogens is 492 g/mol. The number of likely N-dealkylation sites (N-methyl/N-ethyl adjacent to an activating group) is 1. The van der Waals surface area contributed by atoms with E-state index in [1.807, 2.05) is 18.2 Å². The number of carbonyl (C=O) groups is 1. The second-order valence-corrected chi connectivity index (χ2v) is 10.1. The van der Waals surface area contributed by atoms with E-state index in [0.717, 1.165) is 50.1 Å². The maximum Gasteiger partial charge on any atom is 0.280 e. The lowest BCUT2D eigenvalue weighted by Crippen LogP contribution is -2.29. The monoisotopic (exact) mass is 522 g/mol. The number of nitrogens with one attached hydrogen (secondary N) is 2. The van der Waals surface area contributed by atoms with Gasteiger partial charge in [-0.05, 0) is 79.3 Å². The van der Waals surface area contributed by atoms with Crippen molar-refractivity contribution >= 4 is 34.1 Å². The Kier molecular flexibility index (Phi) is 6.68. The molecule has 3 heterocycles. The van der Waals surface area contributed by atoms with Crippen molar-refractivity contribution in [2.24, 2.45) is 0 Å². The maximum atomic E-state index is 13.3. The third-order valence-corrected chi connectivity index (χ3v) is 7.47. The zero-order valence-corrected chi connectivity index (χ0v) is 22.0. The molecule has 0 radical (unpaired) electrons. The first-order valence-electron chi connectivity index (χ1n) is 13.1. The molecule has 0 unspecified atom stereocenters. The first-order chi connectivity index (χ1) is 19.0. The minimum atomic E-state index is -0.624. The number of amides is 1. The highest BCUT2D eigenvalue weighted by Crippen LogP contribution is 2.27. The summed E-state index contributed by atoms with van der Waals surface area (Å²) in [4.78, 5) is 42.1. The Balaban J connectivity index is 1.38. The van der Waals surface area contributed by atoms with E-state index in [-0.39, 0.29) is 10.9 Å². The zero-order valence-electron chi connectivity index (χ0n) is 22.0. The van der Waals surface area contributed by atoms with Crippen molar-refractivity contribution < 1.29 is 9.63 Å². The lowest BCUT2D eigenvalue weighted by atomic mass is 9.99. The molecule has 0 saturated heterocycles. The summed E-state index contributed by atoms with van der Waals surface area (Å²) in [6.07, 6.45) is 9.48. The van der Waals surface area contributed by atoms with Gasteiger partial charge in [0.15, 0.2) is 5.65 Å². The van der Waals surface area contributed by atoms with Crippen molar-refractivity contribution in [3.63, 3.8) is 0 Å². The second-order valence-electron chi connectivity index (χ2n) is 10.1. The van der Waals surface area contributed by atoms with Crippen molar-refractivity contribution in [2.45, 2.75) is 25.7 Å². The fourth-order valence-electron chi connectivity index (χ4n) is 5.31. The molecule has 0 spiro atoms. The summed E-state index contributed by atoms with van der Waals surface area (Å²) < 4.78 is 1.78. The fourth-order valence-corrected chi connectivity index (χ4v) is 5.31. The number of aromatic nitrogens is 3. The van der Waals surface area contributed by atoms with Crippen LogP contribution in [0.2, 0.25) is 0 Å². The van der Waals surface area contributed by atoms with Gasteiger partial charge in [-0.2, -0.15) is 4.98 Å². The fraction of sp³-hybridized carbons (Fsp3) is 0.267. The van der Waals surface area contributed by atoms with E-state index in [4.69, 9.17) is 9.82 Å². The highest BCUT2D eigenvalue weighted by atomic mass is 16.6. The van der Waals surface area contributed by atoms with E-state index >= 15 is 0 Å². The highest BCUT2D eigenvalue weighted by Gasteiger charge is 2.20. The normalized spacial score (nSPS) is 15.2.